The normalized spacial score (nSPS) is 18.9. The van der Waals surface area contributed by atoms with E-state index >= 15 is 0 Å². The molecule has 0 aromatic heterocycles. The lowest BCUT2D eigenvalue weighted by Crippen LogP contribution is -2.20. The van der Waals surface area contributed by atoms with Gasteiger partial charge in [0.1, 0.15) is 19.0 Å². The summed E-state index contributed by atoms with van der Waals surface area (Å²) in [6.07, 6.45) is -1.02. The molecule has 1 aromatic carbocycles. The molecule has 1 unspecified atom stereocenters. The highest BCUT2D eigenvalue weighted by Crippen LogP contribution is 2.31. The van der Waals surface area contributed by atoms with Crippen molar-refractivity contribution in [3.63, 3.8) is 0 Å². The van der Waals surface area contributed by atoms with E-state index in [9.17, 15) is 4.79 Å². The van der Waals surface area contributed by atoms with Crippen LogP contribution in [0.4, 0.5) is 4.79 Å². The van der Waals surface area contributed by atoms with Crippen LogP contribution in [0.15, 0.2) is 18.2 Å². The molecule has 0 bridgehead atoms. The van der Waals surface area contributed by atoms with Gasteiger partial charge in [-0.2, -0.15) is 0 Å². The van der Waals surface area contributed by atoms with E-state index in [2.05, 4.69) is 25.5 Å². The van der Waals surface area contributed by atoms with Gasteiger partial charge in [-0.05, 0) is 23.1 Å². The number of hydrogen-bond donors (Lipinski definition) is 0. The van der Waals surface area contributed by atoms with Crippen LogP contribution < -0.4 is 4.74 Å². The van der Waals surface area contributed by atoms with Crippen molar-refractivity contribution in [3.8, 4) is 5.75 Å². The molecule has 19 heavy (non-hydrogen) atoms. The van der Waals surface area contributed by atoms with Gasteiger partial charge in [0.25, 0.3) is 0 Å². The summed E-state index contributed by atoms with van der Waals surface area (Å²) in [5, 5.41) is 0.553. The van der Waals surface area contributed by atoms with Crippen LogP contribution in [0.2, 0.25) is 5.02 Å². The zero-order valence-corrected chi connectivity index (χ0v) is 12.0. The highest BCUT2D eigenvalue weighted by atomic mass is 35.5. The van der Waals surface area contributed by atoms with Gasteiger partial charge in [-0.3, -0.25) is 0 Å². The van der Waals surface area contributed by atoms with Crippen LogP contribution in [-0.4, -0.2) is 25.5 Å². The highest BCUT2D eigenvalue weighted by molar-refractivity contribution is 6.32. The summed E-state index contributed by atoms with van der Waals surface area (Å²) < 4.78 is 15.1. The van der Waals surface area contributed by atoms with Gasteiger partial charge >= 0.3 is 6.16 Å². The maximum absolute atomic E-state index is 10.8. The lowest BCUT2D eigenvalue weighted by Gasteiger charge is -2.20. The standard InChI is InChI=1S/C14H17ClO4/c1-14(2,3)9-4-5-12(11(15)6-9)17-7-10-8-18-13(16)19-10/h4-6,10H,7-8H2,1-3H3. The van der Waals surface area contributed by atoms with Gasteiger partial charge in [0, 0.05) is 0 Å². The minimum Gasteiger partial charge on any atom is -0.488 e. The second kappa shape index (κ2) is 5.29. The third kappa shape index (κ3) is 3.53. The summed E-state index contributed by atoms with van der Waals surface area (Å²) in [4.78, 5) is 10.8. The molecule has 1 aromatic rings. The van der Waals surface area contributed by atoms with Crippen molar-refractivity contribution in [1.82, 2.24) is 0 Å². The van der Waals surface area contributed by atoms with Crippen molar-refractivity contribution >= 4 is 17.8 Å². The summed E-state index contributed by atoms with van der Waals surface area (Å²) in [5.41, 5.74) is 1.18. The van der Waals surface area contributed by atoms with Crippen LogP contribution >= 0.6 is 11.6 Å². The first-order valence-corrected chi connectivity index (χ1v) is 6.50. The van der Waals surface area contributed by atoms with Gasteiger partial charge < -0.3 is 14.2 Å². The molecule has 1 fully saturated rings. The molecule has 1 aliphatic rings. The Morgan fingerprint density at radius 2 is 2.16 bits per heavy atom. The Morgan fingerprint density at radius 1 is 1.42 bits per heavy atom. The summed E-state index contributed by atoms with van der Waals surface area (Å²) in [5.74, 6) is 0.581. The SMILES string of the molecule is CC(C)(C)c1ccc(OCC2COC(=O)O2)c(Cl)c1. The first-order chi connectivity index (χ1) is 8.86. The van der Waals surface area contributed by atoms with E-state index in [0.29, 0.717) is 10.8 Å². The van der Waals surface area contributed by atoms with E-state index in [1.54, 1.807) is 0 Å². The van der Waals surface area contributed by atoms with Crippen molar-refractivity contribution in [2.75, 3.05) is 13.2 Å². The van der Waals surface area contributed by atoms with Crippen molar-refractivity contribution in [2.24, 2.45) is 0 Å². The summed E-state index contributed by atoms with van der Waals surface area (Å²) in [6, 6.07) is 5.72. The minimum atomic E-state index is -0.650. The number of carbonyl (C=O) groups is 1. The molecule has 5 heteroatoms. The molecule has 1 atom stereocenters. The second-order valence-electron chi connectivity index (χ2n) is 5.51. The van der Waals surface area contributed by atoms with E-state index in [0.717, 1.165) is 5.56 Å². The minimum absolute atomic E-state index is 0.0387. The van der Waals surface area contributed by atoms with Crippen molar-refractivity contribution in [1.29, 1.82) is 0 Å². The summed E-state index contributed by atoms with van der Waals surface area (Å²) in [6.45, 7) is 6.81. The zero-order chi connectivity index (χ0) is 14.0. The lowest BCUT2D eigenvalue weighted by molar-refractivity contribution is 0.0983. The molecule has 0 N–H and O–H groups in total. The summed E-state index contributed by atoms with van der Waals surface area (Å²) in [7, 11) is 0. The third-order valence-corrected chi connectivity index (χ3v) is 3.17. The molecular formula is C14H17ClO4. The first kappa shape index (κ1) is 14.0. The lowest BCUT2D eigenvalue weighted by atomic mass is 9.87. The number of ether oxygens (including phenoxy) is 3. The average Bonchev–Trinajstić information content (AvgIpc) is 2.72. The number of carbonyl (C=O) groups excluding carboxylic acids is 1. The molecular weight excluding hydrogens is 268 g/mol. The first-order valence-electron chi connectivity index (χ1n) is 6.12. The Morgan fingerprint density at radius 3 is 2.68 bits per heavy atom. The number of cyclic esters (lactones) is 2. The molecule has 0 amide bonds. The monoisotopic (exact) mass is 284 g/mol. The number of rotatable bonds is 3. The van der Waals surface area contributed by atoms with Crippen molar-refractivity contribution < 1.29 is 19.0 Å². The van der Waals surface area contributed by atoms with Gasteiger partial charge in [0.2, 0.25) is 0 Å². The Hall–Kier alpha value is -1.42. The average molecular weight is 285 g/mol. The topological polar surface area (TPSA) is 44.8 Å². The molecule has 0 radical (unpaired) electrons. The Kier molecular flexibility index (Phi) is 3.90. The van der Waals surface area contributed by atoms with Crippen LogP contribution in [-0.2, 0) is 14.9 Å². The Bertz CT molecular complexity index is 479. The molecule has 1 heterocycles. The van der Waals surface area contributed by atoms with E-state index < -0.39 is 6.16 Å². The fourth-order valence-electron chi connectivity index (χ4n) is 1.71. The molecule has 0 spiro atoms. The molecule has 4 nitrogen and oxygen atoms in total. The van der Waals surface area contributed by atoms with Crippen molar-refractivity contribution in [2.45, 2.75) is 32.3 Å². The third-order valence-electron chi connectivity index (χ3n) is 2.87. The molecule has 1 aliphatic heterocycles. The molecule has 0 aliphatic carbocycles. The Balaban J connectivity index is 1.99. The fraction of sp³-hybridized carbons (Fsp3) is 0.500. The maximum atomic E-state index is 10.8. The van der Waals surface area contributed by atoms with Crippen LogP contribution in [0, 0.1) is 0 Å². The number of benzene rings is 1. The summed E-state index contributed by atoms with van der Waals surface area (Å²) >= 11 is 6.19. The fourth-order valence-corrected chi connectivity index (χ4v) is 1.95. The van der Waals surface area contributed by atoms with Gasteiger partial charge in [0.15, 0.2) is 6.10 Å². The van der Waals surface area contributed by atoms with Gasteiger partial charge in [-0.1, -0.05) is 38.4 Å². The van der Waals surface area contributed by atoms with Gasteiger partial charge in [0.05, 0.1) is 5.02 Å². The molecule has 0 saturated carbocycles. The number of hydrogen-bond acceptors (Lipinski definition) is 4. The predicted octanol–water partition coefficient (Wildman–Crippen LogP) is 3.55. The van der Waals surface area contributed by atoms with Crippen molar-refractivity contribution in [3.05, 3.63) is 28.8 Å². The van der Waals surface area contributed by atoms with Crippen LogP contribution in [0.3, 0.4) is 0 Å². The molecule has 2 rings (SSSR count). The highest BCUT2D eigenvalue weighted by Gasteiger charge is 2.25. The van der Waals surface area contributed by atoms with Gasteiger partial charge in [-0.15, -0.1) is 0 Å². The largest absolute Gasteiger partial charge is 0.508 e. The van der Waals surface area contributed by atoms with E-state index in [4.69, 9.17) is 21.1 Å². The van der Waals surface area contributed by atoms with E-state index in [1.807, 2.05) is 18.2 Å². The Labute approximate surface area is 117 Å². The number of halogens is 1. The molecule has 1 saturated heterocycles. The smallest absolute Gasteiger partial charge is 0.488 e. The van der Waals surface area contributed by atoms with E-state index in [1.165, 1.54) is 0 Å². The van der Waals surface area contributed by atoms with Crippen LogP contribution in [0.5, 0.6) is 5.75 Å². The predicted molar refractivity (Wildman–Crippen MR) is 71.9 cm³/mol. The van der Waals surface area contributed by atoms with E-state index in [-0.39, 0.29) is 24.7 Å². The van der Waals surface area contributed by atoms with Gasteiger partial charge in [-0.25, -0.2) is 4.79 Å². The maximum Gasteiger partial charge on any atom is 0.508 e. The van der Waals surface area contributed by atoms with Crippen LogP contribution in [0.1, 0.15) is 26.3 Å². The zero-order valence-electron chi connectivity index (χ0n) is 11.2. The molecule has 104 valence electrons. The quantitative estimate of drug-likeness (QED) is 0.796. The van der Waals surface area contributed by atoms with Crippen LogP contribution in [0.25, 0.3) is 0 Å². The second-order valence-corrected chi connectivity index (χ2v) is 5.91.